The fraction of sp³-hybridized carbons (Fsp3) is 0.350. The lowest BCUT2D eigenvalue weighted by Gasteiger charge is -2.12. The molecule has 0 bridgehead atoms. The zero-order valence-corrected chi connectivity index (χ0v) is 15.0. The van der Waals surface area contributed by atoms with Crippen LogP contribution in [-0.2, 0) is 11.3 Å². The van der Waals surface area contributed by atoms with E-state index in [1.165, 1.54) is 12.8 Å². The standard InChI is InChI=1S/C20H26N2O3/c1-3-4-13-21-14-16-9-5-7-11-18(16)25-15-20(23)22-17-10-6-8-12-19(17)24-2/h5-12,21H,3-4,13-15H2,1-2H3,(H,22,23)/p+1. The lowest BCUT2D eigenvalue weighted by molar-refractivity contribution is -0.670. The first kappa shape index (κ1) is 18.8. The highest BCUT2D eigenvalue weighted by molar-refractivity contribution is 5.93. The molecule has 1 amide bonds. The molecule has 0 aromatic heterocycles. The van der Waals surface area contributed by atoms with Gasteiger partial charge >= 0.3 is 0 Å². The molecule has 134 valence electrons. The molecule has 2 aromatic carbocycles. The number of para-hydroxylation sites is 3. The third-order valence-electron chi connectivity index (χ3n) is 3.84. The molecule has 0 aliphatic rings. The van der Waals surface area contributed by atoms with Gasteiger partial charge in [-0.2, -0.15) is 0 Å². The minimum Gasteiger partial charge on any atom is -0.495 e. The van der Waals surface area contributed by atoms with E-state index in [0.717, 1.165) is 24.4 Å². The average molecular weight is 343 g/mol. The molecule has 25 heavy (non-hydrogen) atoms. The Kier molecular flexibility index (Phi) is 7.79. The molecule has 0 radical (unpaired) electrons. The number of amides is 1. The predicted molar refractivity (Wildman–Crippen MR) is 99.0 cm³/mol. The van der Waals surface area contributed by atoms with Crippen molar-refractivity contribution in [2.45, 2.75) is 26.3 Å². The molecular weight excluding hydrogens is 316 g/mol. The zero-order chi connectivity index (χ0) is 17.9. The van der Waals surface area contributed by atoms with E-state index < -0.39 is 0 Å². The first-order valence-electron chi connectivity index (χ1n) is 8.69. The molecule has 0 aliphatic heterocycles. The molecule has 3 N–H and O–H groups in total. The molecule has 0 heterocycles. The van der Waals surface area contributed by atoms with Gasteiger partial charge in [-0.15, -0.1) is 0 Å². The molecule has 0 saturated carbocycles. The van der Waals surface area contributed by atoms with Gasteiger partial charge < -0.3 is 20.1 Å². The summed E-state index contributed by atoms with van der Waals surface area (Å²) in [6.45, 7) is 4.10. The van der Waals surface area contributed by atoms with Crippen molar-refractivity contribution >= 4 is 11.6 Å². The van der Waals surface area contributed by atoms with Crippen molar-refractivity contribution in [3.8, 4) is 11.5 Å². The first-order valence-corrected chi connectivity index (χ1v) is 8.69. The summed E-state index contributed by atoms with van der Waals surface area (Å²) in [7, 11) is 1.58. The molecule has 0 saturated heterocycles. The first-order chi connectivity index (χ1) is 12.2. The number of anilines is 1. The Balaban J connectivity index is 1.89. The second-order valence-corrected chi connectivity index (χ2v) is 5.78. The molecule has 5 heteroatoms. The van der Waals surface area contributed by atoms with E-state index >= 15 is 0 Å². The molecule has 0 unspecified atom stereocenters. The summed E-state index contributed by atoms with van der Waals surface area (Å²) in [5.74, 6) is 1.17. The van der Waals surface area contributed by atoms with Gasteiger partial charge in [-0.3, -0.25) is 4.79 Å². The number of carbonyl (C=O) groups is 1. The highest BCUT2D eigenvalue weighted by Gasteiger charge is 2.10. The number of hydrogen-bond acceptors (Lipinski definition) is 3. The van der Waals surface area contributed by atoms with Gasteiger partial charge in [-0.25, -0.2) is 0 Å². The molecular formula is C20H27N2O3+. The topological polar surface area (TPSA) is 64.2 Å². The number of rotatable bonds is 10. The highest BCUT2D eigenvalue weighted by atomic mass is 16.5. The summed E-state index contributed by atoms with van der Waals surface area (Å²) < 4.78 is 11.0. The van der Waals surface area contributed by atoms with Crippen LogP contribution >= 0.6 is 0 Å². The Morgan fingerprint density at radius 3 is 2.56 bits per heavy atom. The van der Waals surface area contributed by atoms with Crippen LogP contribution in [0.2, 0.25) is 0 Å². The van der Waals surface area contributed by atoms with Gasteiger partial charge in [0, 0.05) is 5.56 Å². The lowest BCUT2D eigenvalue weighted by atomic mass is 10.2. The number of nitrogens with one attached hydrogen (secondary N) is 1. The number of nitrogens with two attached hydrogens (primary N) is 1. The van der Waals surface area contributed by atoms with Crippen LogP contribution in [0.4, 0.5) is 5.69 Å². The van der Waals surface area contributed by atoms with E-state index in [0.29, 0.717) is 11.4 Å². The second-order valence-electron chi connectivity index (χ2n) is 5.78. The summed E-state index contributed by atoms with van der Waals surface area (Å²) in [5, 5.41) is 5.08. The molecule has 0 spiro atoms. The van der Waals surface area contributed by atoms with Crippen molar-refractivity contribution in [2.75, 3.05) is 25.6 Å². The van der Waals surface area contributed by atoms with Crippen molar-refractivity contribution < 1.29 is 19.6 Å². The third-order valence-corrected chi connectivity index (χ3v) is 3.84. The van der Waals surface area contributed by atoms with Crippen LogP contribution in [-0.4, -0.2) is 26.2 Å². The highest BCUT2D eigenvalue weighted by Crippen LogP contribution is 2.23. The Hall–Kier alpha value is -2.53. The maximum Gasteiger partial charge on any atom is 0.262 e. The fourth-order valence-electron chi connectivity index (χ4n) is 2.50. The van der Waals surface area contributed by atoms with Crippen molar-refractivity contribution in [3.63, 3.8) is 0 Å². The smallest absolute Gasteiger partial charge is 0.262 e. The van der Waals surface area contributed by atoms with E-state index in [2.05, 4.69) is 17.6 Å². The molecule has 0 fully saturated rings. The molecule has 2 aromatic rings. The Bertz CT molecular complexity index is 673. The van der Waals surface area contributed by atoms with Crippen molar-refractivity contribution in [1.82, 2.24) is 0 Å². The van der Waals surface area contributed by atoms with Gasteiger partial charge in [-0.05, 0) is 30.7 Å². The summed E-state index contributed by atoms with van der Waals surface area (Å²) in [6, 6.07) is 15.2. The second kappa shape index (κ2) is 10.4. The Morgan fingerprint density at radius 2 is 1.80 bits per heavy atom. The normalized spacial score (nSPS) is 10.3. The number of hydrogen-bond donors (Lipinski definition) is 2. The predicted octanol–water partition coefficient (Wildman–Crippen LogP) is 2.58. The van der Waals surface area contributed by atoms with E-state index in [4.69, 9.17) is 9.47 Å². The summed E-state index contributed by atoms with van der Waals surface area (Å²) >= 11 is 0. The van der Waals surface area contributed by atoms with Gasteiger partial charge in [0.1, 0.15) is 18.0 Å². The minimum absolute atomic E-state index is 0.0377. The number of unbranched alkanes of at least 4 members (excludes halogenated alkanes) is 1. The lowest BCUT2D eigenvalue weighted by Crippen LogP contribution is -2.82. The van der Waals surface area contributed by atoms with Crippen LogP contribution in [0.1, 0.15) is 25.3 Å². The van der Waals surface area contributed by atoms with Crippen LogP contribution in [0.25, 0.3) is 0 Å². The zero-order valence-electron chi connectivity index (χ0n) is 15.0. The van der Waals surface area contributed by atoms with Crippen molar-refractivity contribution in [1.29, 1.82) is 0 Å². The molecule has 0 atom stereocenters. The van der Waals surface area contributed by atoms with Gasteiger partial charge in [0.2, 0.25) is 0 Å². The van der Waals surface area contributed by atoms with Crippen LogP contribution in [0, 0.1) is 0 Å². The van der Waals surface area contributed by atoms with Gasteiger partial charge in [0.25, 0.3) is 5.91 Å². The number of carbonyl (C=O) groups excluding carboxylic acids is 1. The van der Waals surface area contributed by atoms with Crippen LogP contribution in [0.15, 0.2) is 48.5 Å². The quantitative estimate of drug-likeness (QED) is 0.652. The van der Waals surface area contributed by atoms with E-state index in [-0.39, 0.29) is 12.5 Å². The van der Waals surface area contributed by atoms with E-state index in [1.807, 2.05) is 36.4 Å². The average Bonchev–Trinajstić information content (AvgIpc) is 2.65. The van der Waals surface area contributed by atoms with E-state index in [1.54, 1.807) is 19.2 Å². The van der Waals surface area contributed by atoms with Crippen LogP contribution in [0.5, 0.6) is 11.5 Å². The largest absolute Gasteiger partial charge is 0.495 e. The maximum atomic E-state index is 12.2. The molecule has 5 nitrogen and oxygen atoms in total. The fourth-order valence-corrected chi connectivity index (χ4v) is 2.50. The number of ether oxygens (including phenoxy) is 2. The number of methoxy groups -OCH3 is 1. The van der Waals surface area contributed by atoms with E-state index in [9.17, 15) is 4.79 Å². The number of benzene rings is 2. The number of quaternary nitrogens is 1. The Morgan fingerprint density at radius 1 is 1.08 bits per heavy atom. The minimum atomic E-state index is -0.214. The molecule has 2 rings (SSSR count). The van der Waals surface area contributed by atoms with Crippen LogP contribution in [0.3, 0.4) is 0 Å². The SMILES string of the molecule is CCCC[NH2+]Cc1ccccc1OCC(=O)Nc1ccccc1OC. The third kappa shape index (κ3) is 6.12. The molecule has 0 aliphatic carbocycles. The van der Waals surface area contributed by atoms with Gasteiger partial charge in [0.05, 0.1) is 19.3 Å². The van der Waals surface area contributed by atoms with Gasteiger partial charge in [-0.1, -0.05) is 37.6 Å². The summed E-state index contributed by atoms with van der Waals surface area (Å²) in [6.07, 6.45) is 2.39. The van der Waals surface area contributed by atoms with Crippen molar-refractivity contribution in [3.05, 3.63) is 54.1 Å². The van der Waals surface area contributed by atoms with Crippen molar-refractivity contribution in [2.24, 2.45) is 0 Å². The summed E-state index contributed by atoms with van der Waals surface area (Å²) in [4.78, 5) is 12.2. The monoisotopic (exact) mass is 343 g/mol. The summed E-state index contributed by atoms with van der Waals surface area (Å²) in [5.41, 5.74) is 1.74. The maximum absolute atomic E-state index is 12.2. The Labute approximate surface area is 149 Å². The van der Waals surface area contributed by atoms with Gasteiger partial charge in [0.15, 0.2) is 6.61 Å². The van der Waals surface area contributed by atoms with Crippen LogP contribution < -0.4 is 20.1 Å².